The van der Waals surface area contributed by atoms with Crippen molar-refractivity contribution in [2.24, 2.45) is 23.0 Å². The van der Waals surface area contributed by atoms with Gasteiger partial charge in [-0.25, -0.2) is 0 Å². The zero-order valence-electron chi connectivity index (χ0n) is 12.7. The highest BCUT2D eigenvalue weighted by atomic mass is 15.1. The Labute approximate surface area is 108 Å². The topological polar surface area (TPSA) is 29.3 Å². The molecule has 1 rings (SSSR count). The zero-order chi connectivity index (χ0) is 13.2. The lowest BCUT2D eigenvalue weighted by Gasteiger charge is -2.42. The average molecular weight is 240 g/mol. The molecule has 102 valence electrons. The van der Waals surface area contributed by atoms with Crippen molar-refractivity contribution in [3.63, 3.8) is 0 Å². The van der Waals surface area contributed by atoms with Gasteiger partial charge >= 0.3 is 0 Å². The molecule has 0 bridgehead atoms. The fraction of sp³-hybridized carbons (Fsp3) is 1.00. The van der Waals surface area contributed by atoms with Crippen molar-refractivity contribution in [3.05, 3.63) is 0 Å². The Morgan fingerprint density at radius 2 is 1.82 bits per heavy atom. The van der Waals surface area contributed by atoms with Crippen LogP contribution in [0.1, 0.15) is 53.9 Å². The molecule has 2 nitrogen and oxygen atoms in total. The van der Waals surface area contributed by atoms with Crippen molar-refractivity contribution in [1.82, 2.24) is 4.90 Å². The first-order valence-corrected chi connectivity index (χ1v) is 7.17. The summed E-state index contributed by atoms with van der Waals surface area (Å²) in [5.41, 5.74) is 6.75. The van der Waals surface area contributed by atoms with E-state index in [2.05, 4.69) is 46.6 Å². The highest BCUT2D eigenvalue weighted by Gasteiger charge is 2.34. The Hall–Kier alpha value is -0.0800. The summed E-state index contributed by atoms with van der Waals surface area (Å²) in [6.07, 6.45) is 3.83. The van der Waals surface area contributed by atoms with Gasteiger partial charge in [-0.3, -0.25) is 0 Å². The Bertz CT molecular complexity index is 230. The maximum absolute atomic E-state index is 6.31. The lowest BCUT2D eigenvalue weighted by molar-refractivity contribution is 0.0986. The number of nitrogens with zero attached hydrogens (tertiary/aromatic N) is 1. The molecule has 0 amide bonds. The van der Waals surface area contributed by atoms with Crippen LogP contribution in [0.4, 0.5) is 0 Å². The monoisotopic (exact) mass is 240 g/mol. The smallest absolute Gasteiger partial charge is 0.00795 e. The third kappa shape index (κ3) is 4.26. The van der Waals surface area contributed by atoms with Crippen molar-refractivity contribution in [1.29, 1.82) is 0 Å². The van der Waals surface area contributed by atoms with Crippen LogP contribution in [0, 0.1) is 17.3 Å². The lowest BCUT2D eigenvalue weighted by atomic mass is 9.67. The van der Waals surface area contributed by atoms with E-state index in [-0.39, 0.29) is 0 Å². The summed E-state index contributed by atoms with van der Waals surface area (Å²) >= 11 is 0. The summed E-state index contributed by atoms with van der Waals surface area (Å²) in [6.45, 7) is 12.8. The molecule has 2 N–H and O–H groups in total. The highest BCUT2D eigenvalue weighted by molar-refractivity contribution is 4.88. The molecular weight excluding hydrogens is 208 g/mol. The standard InChI is InChI=1S/C15H32N2/c1-11(2)17(6)10-12-9-13(15(3,4)5)7-8-14(12)16/h11-14H,7-10,16H2,1-6H3. The molecule has 0 aliphatic heterocycles. The van der Waals surface area contributed by atoms with Crippen LogP contribution in [0.15, 0.2) is 0 Å². The van der Waals surface area contributed by atoms with E-state index in [1.165, 1.54) is 19.3 Å². The number of rotatable bonds is 3. The number of hydrogen-bond acceptors (Lipinski definition) is 2. The van der Waals surface area contributed by atoms with E-state index >= 15 is 0 Å². The maximum atomic E-state index is 6.31. The molecule has 0 aromatic carbocycles. The van der Waals surface area contributed by atoms with E-state index in [9.17, 15) is 0 Å². The Morgan fingerprint density at radius 1 is 1.24 bits per heavy atom. The molecule has 1 aliphatic rings. The number of hydrogen-bond donors (Lipinski definition) is 1. The van der Waals surface area contributed by atoms with Gasteiger partial charge in [0.25, 0.3) is 0 Å². The predicted octanol–water partition coefficient (Wildman–Crippen LogP) is 3.12. The van der Waals surface area contributed by atoms with Gasteiger partial charge in [-0.05, 0) is 57.4 Å². The second kappa shape index (κ2) is 5.71. The molecule has 1 aliphatic carbocycles. The van der Waals surface area contributed by atoms with E-state index in [1.807, 2.05) is 0 Å². The fourth-order valence-corrected chi connectivity index (χ4v) is 2.86. The van der Waals surface area contributed by atoms with Crippen LogP contribution in [0.2, 0.25) is 0 Å². The molecule has 0 heterocycles. The van der Waals surface area contributed by atoms with E-state index < -0.39 is 0 Å². The molecule has 0 spiro atoms. The second-order valence-electron chi connectivity index (χ2n) is 7.33. The van der Waals surface area contributed by atoms with Crippen LogP contribution in [0.25, 0.3) is 0 Å². The first-order valence-electron chi connectivity index (χ1n) is 7.17. The molecule has 1 fully saturated rings. The Morgan fingerprint density at radius 3 is 2.29 bits per heavy atom. The minimum Gasteiger partial charge on any atom is -0.327 e. The normalized spacial score (nSPS) is 31.2. The quantitative estimate of drug-likeness (QED) is 0.821. The van der Waals surface area contributed by atoms with Crippen molar-refractivity contribution in [2.45, 2.75) is 66.0 Å². The van der Waals surface area contributed by atoms with Gasteiger partial charge in [0.1, 0.15) is 0 Å². The third-order valence-corrected chi connectivity index (χ3v) is 4.67. The third-order valence-electron chi connectivity index (χ3n) is 4.67. The summed E-state index contributed by atoms with van der Waals surface area (Å²) in [6, 6.07) is 1.03. The van der Waals surface area contributed by atoms with Crippen molar-refractivity contribution < 1.29 is 0 Å². The van der Waals surface area contributed by atoms with Gasteiger partial charge in [0, 0.05) is 18.6 Å². The molecular formula is C15H32N2. The van der Waals surface area contributed by atoms with Crippen LogP contribution in [-0.4, -0.2) is 30.6 Å². The lowest BCUT2D eigenvalue weighted by Crippen LogP contribution is -2.45. The summed E-state index contributed by atoms with van der Waals surface area (Å²) in [7, 11) is 2.22. The van der Waals surface area contributed by atoms with Gasteiger partial charge in [-0.2, -0.15) is 0 Å². The summed E-state index contributed by atoms with van der Waals surface area (Å²) in [5, 5.41) is 0. The maximum Gasteiger partial charge on any atom is 0.00795 e. The predicted molar refractivity (Wildman–Crippen MR) is 76.0 cm³/mol. The zero-order valence-corrected chi connectivity index (χ0v) is 12.7. The van der Waals surface area contributed by atoms with Crippen LogP contribution in [-0.2, 0) is 0 Å². The summed E-state index contributed by atoms with van der Waals surface area (Å²) in [4.78, 5) is 2.44. The molecule has 0 aromatic rings. The molecule has 0 radical (unpaired) electrons. The van der Waals surface area contributed by atoms with Gasteiger partial charge in [0.2, 0.25) is 0 Å². The van der Waals surface area contributed by atoms with E-state index in [1.54, 1.807) is 0 Å². The summed E-state index contributed by atoms with van der Waals surface area (Å²) in [5.74, 6) is 1.52. The molecule has 3 unspecified atom stereocenters. The van der Waals surface area contributed by atoms with E-state index in [0.29, 0.717) is 23.4 Å². The SMILES string of the molecule is CC(C)N(C)CC1CC(C(C)(C)C)CCC1N. The van der Waals surface area contributed by atoms with Crippen molar-refractivity contribution >= 4 is 0 Å². The molecule has 0 saturated heterocycles. The van der Waals surface area contributed by atoms with Gasteiger partial charge in [0.15, 0.2) is 0 Å². The molecule has 3 atom stereocenters. The highest BCUT2D eigenvalue weighted by Crippen LogP contribution is 2.40. The Balaban J connectivity index is 2.58. The minimum atomic E-state index is 0.412. The van der Waals surface area contributed by atoms with Crippen LogP contribution in [0.5, 0.6) is 0 Å². The first kappa shape index (κ1) is 15.0. The molecule has 17 heavy (non-hydrogen) atoms. The van der Waals surface area contributed by atoms with Gasteiger partial charge in [-0.15, -0.1) is 0 Å². The van der Waals surface area contributed by atoms with Crippen LogP contribution in [0.3, 0.4) is 0 Å². The first-order chi connectivity index (χ1) is 7.71. The van der Waals surface area contributed by atoms with E-state index in [0.717, 1.165) is 12.5 Å². The molecule has 0 aromatic heterocycles. The number of nitrogens with two attached hydrogens (primary N) is 1. The van der Waals surface area contributed by atoms with E-state index in [4.69, 9.17) is 5.73 Å². The van der Waals surface area contributed by atoms with Crippen molar-refractivity contribution in [3.8, 4) is 0 Å². The van der Waals surface area contributed by atoms with Crippen LogP contribution >= 0.6 is 0 Å². The largest absolute Gasteiger partial charge is 0.327 e. The Kier molecular flexibility index (Phi) is 5.03. The minimum absolute atomic E-state index is 0.412. The van der Waals surface area contributed by atoms with Gasteiger partial charge in [0.05, 0.1) is 0 Å². The van der Waals surface area contributed by atoms with Gasteiger partial charge in [-0.1, -0.05) is 20.8 Å². The van der Waals surface area contributed by atoms with Crippen LogP contribution < -0.4 is 5.73 Å². The average Bonchev–Trinajstić information content (AvgIpc) is 2.19. The fourth-order valence-electron chi connectivity index (χ4n) is 2.86. The summed E-state index contributed by atoms with van der Waals surface area (Å²) < 4.78 is 0. The van der Waals surface area contributed by atoms with Crippen molar-refractivity contribution in [2.75, 3.05) is 13.6 Å². The van der Waals surface area contributed by atoms with Gasteiger partial charge < -0.3 is 10.6 Å². The molecule has 2 heteroatoms. The second-order valence-corrected chi connectivity index (χ2v) is 7.33. The molecule has 1 saturated carbocycles.